The minimum Gasteiger partial charge on any atom is -0.244 e. The Kier molecular flexibility index (Phi) is 3.26. The highest BCUT2D eigenvalue weighted by molar-refractivity contribution is 5.50. The normalized spacial score (nSPS) is 12.8. The lowest BCUT2D eigenvalue weighted by Gasteiger charge is -1.81. The highest BCUT2D eigenvalue weighted by Crippen LogP contribution is 2.09. The molecule has 0 spiro atoms. The van der Waals surface area contributed by atoms with Gasteiger partial charge in [-0.25, -0.2) is 4.63 Å². The van der Waals surface area contributed by atoms with Gasteiger partial charge in [0.2, 0.25) is 0 Å². The third kappa shape index (κ3) is 1.81. The first-order valence-electron chi connectivity index (χ1n) is 4.11. The molecule has 0 saturated carbocycles. The van der Waals surface area contributed by atoms with Crippen LogP contribution >= 0.6 is 0 Å². The fourth-order valence-corrected chi connectivity index (χ4v) is 0.887. The summed E-state index contributed by atoms with van der Waals surface area (Å²) in [4.78, 5) is 0. The van der Waals surface area contributed by atoms with Crippen LogP contribution in [0, 0.1) is 0 Å². The summed E-state index contributed by atoms with van der Waals surface area (Å²) in [6, 6.07) is 0. The summed E-state index contributed by atoms with van der Waals surface area (Å²) in [6.07, 6.45) is 8.62. The third-order valence-corrected chi connectivity index (χ3v) is 1.40. The van der Waals surface area contributed by atoms with Crippen molar-refractivity contribution in [2.45, 2.75) is 20.3 Å². The summed E-state index contributed by atoms with van der Waals surface area (Å²) >= 11 is 0. The van der Waals surface area contributed by atoms with Gasteiger partial charge in [-0.15, -0.1) is 0 Å². The van der Waals surface area contributed by atoms with Crippen molar-refractivity contribution in [3.05, 3.63) is 29.6 Å². The first-order chi connectivity index (χ1) is 5.97. The topological polar surface area (TPSA) is 38.9 Å². The Labute approximate surface area is 71.7 Å². The van der Waals surface area contributed by atoms with Crippen LogP contribution in [0.15, 0.2) is 22.9 Å². The quantitative estimate of drug-likeness (QED) is 0.590. The van der Waals surface area contributed by atoms with E-state index < -0.39 is 0 Å². The molecule has 1 aliphatic rings. The molecule has 64 valence electrons. The van der Waals surface area contributed by atoms with E-state index in [1.807, 2.05) is 38.2 Å². The first-order valence-corrected chi connectivity index (χ1v) is 4.11. The summed E-state index contributed by atoms with van der Waals surface area (Å²) in [6.45, 7) is 4.00. The van der Waals surface area contributed by atoms with Crippen molar-refractivity contribution in [2.24, 2.45) is 0 Å². The SMILES string of the molecule is C1=CCc2nonc2C=C1.CC. The van der Waals surface area contributed by atoms with Crippen molar-refractivity contribution < 1.29 is 4.63 Å². The summed E-state index contributed by atoms with van der Waals surface area (Å²) in [7, 11) is 0. The van der Waals surface area contributed by atoms with Gasteiger partial charge >= 0.3 is 0 Å². The molecule has 0 saturated heterocycles. The minimum absolute atomic E-state index is 0.811. The molecular formula is C9H12N2O. The Morgan fingerprint density at radius 1 is 1.25 bits per heavy atom. The number of allylic oxidation sites excluding steroid dienone is 3. The lowest BCUT2D eigenvalue weighted by atomic mass is 10.2. The number of fused-ring (bicyclic) bond motifs is 1. The second-order valence-electron chi connectivity index (χ2n) is 2.09. The van der Waals surface area contributed by atoms with Crippen LogP contribution in [0.2, 0.25) is 0 Å². The summed E-state index contributed by atoms with van der Waals surface area (Å²) in [5.41, 5.74) is 1.75. The van der Waals surface area contributed by atoms with Gasteiger partial charge in [0.15, 0.2) is 0 Å². The molecule has 1 aromatic heterocycles. The maximum Gasteiger partial charge on any atom is 0.131 e. The Hall–Kier alpha value is -1.38. The summed E-state index contributed by atoms with van der Waals surface area (Å²) in [5, 5.41) is 7.43. The molecule has 0 aromatic carbocycles. The van der Waals surface area contributed by atoms with E-state index in [1.165, 1.54) is 0 Å². The molecule has 0 unspecified atom stereocenters. The minimum atomic E-state index is 0.811. The molecule has 0 atom stereocenters. The zero-order valence-corrected chi connectivity index (χ0v) is 7.32. The number of aromatic nitrogens is 2. The summed E-state index contributed by atoms with van der Waals surface area (Å²) < 4.78 is 4.54. The predicted octanol–water partition coefficient (Wildman–Crippen LogP) is 2.22. The molecule has 1 aromatic rings. The lowest BCUT2D eigenvalue weighted by Crippen LogP contribution is -1.82. The van der Waals surface area contributed by atoms with Crippen LogP contribution in [0.25, 0.3) is 6.08 Å². The molecule has 0 radical (unpaired) electrons. The Morgan fingerprint density at radius 2 is 2.08 bits per heavy atom. The Bertz CT molecular complexity index is 286. The van der Waals surface area contributed by atoms with Gasteiger partial charge in [-0.2, -0.15) is 0 Å². The van der Waals surface area contributed by atoms with Gasteiger partial charge in [0.1, 0.15) is 11.4 Å². The van der Waals surface area contributed by atoms with Crippen LogP contribution in [-0.2, 0) is 6.42 Å². The van der Waals surface area contributed by atoms with Crippen LogP contribution in [0.3, 0.4) is 0 Å². The number of nitrogens with zero attached hydrogens (tertiary/aromatic N) is 2. The van der Waals surface area contributed by atoms with E-state index in [0.29, 0.717) is 0 Å². The van der Waals surface area contributed by atoms with Gasteiger partial charge in [-0.3, -0.25) is 0 Å². The molecule has 2 rings (SSSR count). The van der Waals surface area contributed by atoms with E-state index in [2.05, 4.69) is 14.9 Å². The third-order valence-electron chi connectivity index (χ3n) is 1.40. The lowest BCUT2D eigenvalue weighted by molar-refractivity contribution is 0.303. The number of rotatable bonds is 0. The van der Waals surface area contributed by atoms with E-state index in [0.717, 1.165) is 17.8 Å². The van der Waals surface area contributed by atoms with Gasteiger partial charge in [-0.1, -0.05) is 42.4 Å². The maximum absolute atomic E-state index is 4.54. The molecular weight excluding hydrogens is 152 g/mol. The first kappa shape index (κ1) is 8.71. The van der Waals surface area contributed by atoms with Crippen molar-refractivity contribution in [3.8, 4) is 0 Å². The number of hydrogen-bond acceptors (Lipinski definition) is 3. The van der Waals surface area contributed by atoms with Crippen LogP contribution in [0.1, 0.15) is 25.2 Å². The van der Waals surface area contributed by atoms with Gasteiger partial charge in [0.25, 0.3) is 0 Å². The van der Waals surface area contributed by atoms with Crippen molar-refractivity contribution in [3.63, 3.8) is 0 Å². The van der Waals surface area contributed by atoms with E-state index in [4.69, 9.17) is 0 Å². The molecule has 3 heteroatoms. The highest BCUT2D eigenvalue weighted by Gasteiger charge is 2.05. The van der Waals surface area contributed by atoms with Crippen molar-refractivity contribution >= 4 is 6.08 Å². The monoisotopic (exact) mass is 164 g/mol. The Balaban J connectivity index is 0.000000336. The van der Waals surface area contributed by atoms with E-state index in [9.17, 15) is 0 Å². The molecule has 12 heavy (non-hydrogen) atoms. The second-order valence-corrected chi connectivity index (χ2v) is 2.09. The average molecular weight is 164 g/mol. The molecule has 3 nitrogen and oxygen atoms in total. The van der Waals surface area contributed by atoms with E-state index in [-0.39, 0.29) is 0 Å². The fraction of sp³-hybridized carbons (Fsp3) is 0.333. The molecule has 1 aliphatic carbocycles. The molecule has 0 aliphatic heterocycles. The average Bonchev–Trinajstić information content (AvgIpc) is 2.46. The second kappa shape index (κ2) is 4.49. The fourth-order valence-electron chi connectivity index (χ4n) is 0.887. The number of hydrogen-bond donors (Lipinski definition) is 0. The molecule has 0 amide bonds. The zero-order valence-electron chi connectivity index (χ0n) is 7.32. The van der Waals surface area contributed by atoms with Crippen LogP contribution < -0.4 is 0 Å². The zero-order chi connectivity index (χ0) is 8.81. The van der Waals surface area contributed by atoms with Crippen molar-refractivity contribution in [1.29, 1.82) is 0 Å². The van der Waals surface area contributed by atoms with Gasteiger partial charge < -0.3 is 0 Å². The van der Waals surface area contributed by atoms with Gasteiger partial charge in [-0.05, 0) is 6.08 Å². The van der Waals surface area contributed by atoms with Gasteiger partial charge in [0, 0.05) is 6.42 Å². The van der Waals surface area contributed by atoms with Gasteiger partial charge in [0.05, 0.1) is 0 Å². The Morgan fingerprint density at radius 3 is 2.92 bits per heavy atom. The smallest absolute Gasteiger partial charge is 0.131 e. The molecule has 1 heterocycles. The predicted molar refractivity (Wildman–Crippen MR) is 47.5 cm³/mol. The van der Waals surface area contributed by atoms with Crippen LogP contribution in [-0.4, -0.2) is 10.3 Å². The largest absolute Gasteiger partial charge is 0.244 e. The standard InChI is InChI=1S/C7H6N2O.C2H6/c1-2-4-6-7(5-3-1)9-10-8-6;1-2/h1-4H,5H2;1-2H3. The highest BCUT2D eigenvalue weighted by atomic mass is 16.6. The summed E-state index contributed by atoms with van der Waals surface area (Å²) in [5.74, 6) is 0. The van der Waals surface area contributed by atoms with Crippen LogP contribution in [0.4, 0.5) is 0 Å². The van der Waals surface area contributed by atoms with E-state index >= 15 is 0 Å². The van der Waals surface area contributed by atoms with Crippen molar-refractivity contribution in [1.82, 2.24) is 10.3 Å². The molecule has 0 bridgehead atoms. The van der Waals surface area contributed by atoms with Crippen molar-refractivity contribution in [2.75, 3.05) is 0 Å². The molecule has 0 fully saturated rings. The van der Waals surface area contributed by atoms with Crippen LogP contribution in [0.5, 0.6) is 0 Å². The van der Waals surface area contributed by atoms with E-state index in [1.54, 1.807) is 0 Å². The maximum atomic E-state index is 4.54. The molecule has 0 N–H and O–H groups in total.